The third-order valence-corrected chi connectivity index (χ3v) is 4.17. The Labute approximate surface area is 120 Å². The summed E-state index contributed by atoms with van der Waals surface area (Å²) in [4.78, 5) is 24.7. The van der Waals surface area contributed by atoms with E-state index in [0.717, 1.165) is 11.4 Å². The van der Waals surface area contributed by atoms with E-state index in [0.29, 0.717) is 11.6 Å². The zero-order valence-corrected chi connectivity index (χ0v) is 12.4. The molecule has 2 heterocycles. The summed E-state index contributed by atoms with van der Waals surface area (Å²) in [6, 6.07) is -0.0182. The third kappa shape index (κ3) is 3.11. The fourth-order valence-electron chi connectivity index (χ4n) is 1.69. The SMILES string of the molecule is CCc1cnc(C(C)Nc2ncc(C(=O)O)c(C)n2)s1. The molecule has 0 aliphatic rings. The van der Waals surface area contributed by atoms with E-state index in [9.17, 15) is 4.79 Å². The predicted molar refractivity (Wildman–Crippen MR) is 77.3 cm³/mol. The number of nitrogens with zero attached hydrogens (tertiary/aromatic N) is 3. The second-order valence-electron chi connectivity index (χ2n) is 4.38. The van der Waals surface area contributed by atoms with Gasteiger partial charge in [0.25, 0.3) is 0 Å². The van der Waals surface area contributed by atoms with Crippen molar-refractivity contribution in [1.29, 1.82) is 0 Å². The molecule has 0 saturated carbocycles. The van der Waals surface area contributed by atoms with Gasteiger partial charge < -0.3 is 10.4 Å². The number of carboxylic acids is 1. The Morgan fingerprint density at radius 3 is 2.75 bits per heavy atom. The Balaban J connectivity index is 2.13. The lowest BCUT2D eigenvalue weighted by Crippen LogP contribution is -2.11. The Morgan fingerprint density at radius 1 is 1.45 bits per heavy atom. The molecule has 2 N–H and O–H groups in total. The van der Waals surface area contributed by atoms with Gasteiger partial charge in [0.05, 0.1) is 17.3 Å². The molecular formula is C13H16N4O2S. The summed E-state index contributed by atoms with van der Waals surface area (Å²) < 4.78 is 0. The van der Waals surface area contributed by atoms with Gasteiger partial charge in [-0.05, 0) is 20.3 Å². The molecule has 2 aromatic heterocycles. The number of nitrogens with one attached hydrogen (secondary N) is 1. The number of carboxylic acid groups (broad SMARTS) is 1. The van der Waals surface area contributed by atoms with Crippen LogP contribution in [0.2, 0.25) is 0 Å². The van der Waals surface area contributed by atoms with Crippen LogP contribution in [0.5, 0.6) is 0 Å². The topological polar surface area (TPSA) is 88.0 Å². The molecule has 0 spiro atoms. The first kappa shape index (κ1) is 14.4. The number of thiazole rings is 1. The van der Waals surface area contributed by atoms with Gasteiger partial charge in [-0.3, -0.25) is 0 Å². The van der Waals surface area contributed by atoms with Crippen LogP contribution < -0.4 is 5.32 Å². The van der Waals surface area contributed by atoms with Crippen molar-refractivity contribution in [2.45, 2.75) is 33.2 Å². The molecule has 6 nitrogen and oxygen atoms in total. The molecule has 20 heavy (non-hydrogen) atoms. The molecule has 2 rings (SSSR count). The Morgan fingerprint density at radius 2 is 2.20 bits per heavy atom. The van der Waals surface area contributed by atoms with Crippen LogP contribution in [0.1, 0.15) is 45.8 Å². The number of hydrogen-bond donors (Lipinski definition) is 2. The van der Waals surface area contributed by atoms with Crippen molar-refractivity contribution in [3.8, 4) is 0 Å². The summed E-state index contributed by atoms with van der Waals surface area (Å²) in [5, 5.41) is 13.0. The first-order chi connectivity index (χ1) is 9.51. The minimum atomic E-state index is -1.02. The summed E-state index contributed by atoms with van der Waals surface area (Å²) in [5.74, 6) is -0.608. The number of anilines is 1. The molecule has 0 aromatic carbocycles. The number of rotatable bonds is 5. The molecule has 0 aliphatic carbocycles. The van der Waals surface area contributed by atoms with Crippen LogP contribution >= 0.6 is 11.3 Å². The highest BCUT2D eigenvalue weighted by Gasteiger charge is 2.14. The average Bonchev–Trinajstić information content (AvgIpc) is 2.87. The largest absolute Gasteiger partial charge is 0.478 e. The number of aromatic nitrogens is 3. The molecular weight excluding hydrogens is 276 g/mol. The molecule has 2 aromatic rings. The monoisotopic (exact) mass is 292 g/mol. The van der Waals surface area contributed by atoms with Crippen molar-refractivity contribution in [3.05, 3.63) is 33.5 Å². The van der Waals surface area contributed by atoms with Gasteiger partial charge in [0, 0.05) is 17.3 Å². The average molecular weight is 292 g/mol. The third-order valence-electron chi connectivity index (χ3n) is 2.85. The van der Waals surface area contributed by atoms with E-state index in [1.165, 1.54) is 11.1 Å². The fourth-order valence-corrected chi connectivity index (χ4v) is 2.55. The van der Waals surface area contributed by atoms with Crippen LogP contribution in [0.15, 0.2) is 12.4 Å². The summed E-state index contributed by atoms with van der Waals surface area (Å²) in [7, 11) is 0. The smallest absolute Gasteiger partial charge is 0.339 e. The van der Waals surface area contributed by atoms with Gasteiger partial charge in [0.2, 0.25) is 5.95 Å². The Hall–Kier alpha value is -2.02. The molecule has 1 atom stereocenters. The van der Waals surface area contributed by atoms with E-state index in [-0.39, 0.29) is 11.6 Å². The van der Waals surface area contributed by atoms with Crippen molar-refractivity contribution < 1.29 is 9.90 Å². The minimum Gasteiger partial charge on any atom is -0.478 e. The van der Waals surface area contributed by atoms with Crippen LogP contribution in [0, 0.1) is 6.92 Å². The first-order valence-corrected chi connectivity index (χ1v) is 7.11. The number of hydrogen-bond acceptors (Lipinski definition) is 6. The number of aryl methyl sites for hydroxylation is 2. The normalized spacial score (nSPS) is 12.2. The van der Waals surface area contributed by atoms with Crippen LogP contribution in [0.4, 0.5) is 5.95 Å². The zero-order chi connectivity index (χ0) is 14.7. The zero-order valence-electron chi connectivity index (χ0n) is 11.5. The van der Waals surface area contributed by atoms with E-state index in [4.69, 9.17) is 5.11 Å². The lowest BCUT2D eigenvalue weighted by atomic mass is 10.2. The summed E-state index contributed by atoms with van der Waals surface area (Å²) in [6.45, 7) is 5.72. The van der Waals surface area contributed by atoms with E-state index >= 15 is 0 Å². The van der Waals surface area contributed by atoms with E-state index in [1.54, 1.807) is 18.3 Å². The minimum absolute atomic E-state index is 0.0182. The van der Waals surface area contributed by atoms with Gasteiger partial charge in [-0.25, -0.2) is 19.7 Å². The van der Waals surface area contributed by atoms with Gasteiger partial charge in [-0.2, -0.15) is 0 Å². The van der Waals surface area contributed by atoms with Gasteiger partial charge in [-0.15, -0.1) is 11.3 Å². The van der Waals surface area contributed by atoms with Crippen molar-refractivity contribution >= 4 is 23.3 Å². The Bertz CT molecular complexity index is 627. The van der Waals surface area contributed by atoms with Gasteiger partial charge in [-0.1, -0.05) is 6.92 Å². The molecule has 0 radical (unpaired) electrons. The standard InChI is InChI=1S/C13H16N4O2S/c1-4-9-5-14-11(20-9)8(3)17-13-15-6-10(12(18)19)7(2)16-13/h5-6,8H,4H2,1-3H3,(H,18,19)(H,15,16,17). The van der Waals surface area contributed by atoms with Crippen LogP contribution in [0.3, 0.4) is 0 Å². The second-order valence-corrected chi connectivity index (χ2v) is 5.53. The van der Waals surface area contributed by atoms with Gasteiger partial charge in [0.15, 0.2) is 0 Å². The summed E-state index contributed by atoms with van der Waals surface area (Å²) in [5.41, 5.74) is 0.557. The van der Waals surface area contributed by atoms with E-state index in [1.807, 2.05) is 13.1 Å². The quantitative estimate of drug-likeness (QED) is 0.881. The number of aromatic carboxylic acids is 1. The molecule has 0 saturated heterocycles. The molecule has 0 bridgehead atoms. The highest BCUT2D eigenvalue weighted by atomic mass is 32.1. The maximum absolute atomic E-state index is 10.9. The molecule has 106 valence electrons. The molecule has 0 amide bonds. The van der Waals surface area contributed by atoms with Crippen molar-refractivity contribution in [2.75, 3.05) is 5.32 Å². The number of carbonyl (C=O) groups is 1. The van der Waals surface area contributed by atoms with Crippen LogP contribution in [-0.2, 0) is 6.42 Å². The summed E-state index contributed by atoms with van der Waals surface area (Å²) >= 11 is 1.65. The molecule has 7 heteroatoms. The van der Waals surface area contributed by atoms with Crippen LogP contribution in [-0.4, -0.2) is 26.0 Å². The molecule has 0 aliphatic heterocycles. The molecule has 1 unspecified atom stereocenters. The van der Waals surface area contributed by atoms with Crippen molar-refractivity contribution in [3.63, 3.8) is 0 Å². The maximum atomic E-state index is 10.9. The van der Waals surface area contributed by atoms with Crippen molar-refractivity contribution in [1.82, 2.24) is 15.0 Å². The predicted octanol–water partition coefficient (Wildman–Crippen LogP) is 2.68. The lowest BCUT2D eigenvalue weighted by molar-refractivity contribution is 0.0695. The molecule has 0 fully saturated rings. The van der Waals surface area contributed by atoms with E-state index < -0.39 is 5.97 Å². The fraction of sp³-hybridized carbons (Fsp3) is 0.385. The first-order valence-electron chi connectivity index (χ1n) is 6.29. The van der Waals surface area contributed by atoms with E-state index in [2.05, 4.69) is 27.2 Å². The lowest BCUT2D eigenvalue weighted by Gasteiger charge is -2.11. The van der Waals surface area contributed by atoms with Gasteiger partial charge >= 0.3 is 5.97 Å². The highest BCUT2D eigenvalue weighted by Crippen LogP contribution is 2.22. The second kappa shape index (κ2) is 5.96. The van der Waals surface area contributed by atoms with Crippen LogP contribution in [0.25, 0.3) is 0 Å². The van der Waals surface area contributed by atoms with Gasteiger partial charge in [0.1, 0.15) is 5.01 Å². The maximum Gasteiger partial charge on any atom is 0.339 e. The van der Waals surface area contributed by atoms with Crippen molar-refractivity contribution in [2.24, 2.45) is 0 Å². The Kier molecular flexibility index (Phi) is 4.29. The highest BCUT2D eigenvalue weighted by molar-refractivity contribution is 7.11. The summed E-state index contributed by atoms with van der Waals surface area (Å²) in [6.07, 6.45) is 4.16.